The summed E-state index contributed by atoms with van der Waals surface area (Å²) >= 11 is 1.34. The molecule has 0 spiro atoms. The molecule has 0 unspecified atom stereocenters. The summed E-state index contributed by atoms with van der Waals surface area (Å²) in [7, 11) is 0. The average molecular weight is 539 g/mol. The van der Waals surface area contributed by atoms with Crippen LogP contribution in [-0.2, 0) is 16.0 Å². The number of aliphatic hydroxyl groups is 1. The molecule has 7 nitrogen and oxygen atoms in total. The molecule has 1 amide bonds. The highest BCUT2D eigenvalue weighted by atomic mass is 32.1. The lowest BCUT2D eigenvalue weighted by atomic mass is 9.94. The van der Waals surface area contributed by atoms with Crippen LogP contribution in [0.15, 0.2) is 78.9 Å². The molecule has 1 aromatic heterocycles. The second-order valence-electron chi connectivity index (χ2n) is 9.76. The molecule has 2 aliphatic heterocycles. The van der Waals surface area contributed by atoms with Gasteiger partial charge in [-0.25, -0.2) is 4.98 Å². The van der Waals surface area contributed by atoms with Crippen molar-refractivity contribution in [1.82, 2.24) is 4.98 Å². The van der Waals surface area contributed by atoms with Crippen molar-refractivity contribution in [3.05, 3.63) is 101 Å². The van der Waals surface area contributed by atoms with Crippen molar-refractivity contribution in [3.8, 4) is 11.5 Å². The molecule has 1 N–H and O–H groups in total. The van der Waals surface area contributed by atoms with Gasteiger partial charge in [0.25, 0.3) is 5.78 Å². The van der Waals surface area contributed by atoms with E-state index in [1.54, 1.807) is 42.5 Å². The van der Waals surface area contributed by atoms with Gasteiger partial charge in [-0.05, 0) is 73.0 Å². The van der Waals surface area contributed by atoms with E-state index < -0.39 is 17.7 Å². The van der Waals surface area contributed by atoms with Gasteiger partial charge < -0.3 is 14.6 Å². The molecule has 0 aliphatic carbocycles. The van der Waals surface area contributed by atoms with Gasteiger partial charge in [-0.3, -0.25) is 14.5 Å². The lowest BCUT2D eigenvalue weighted by Gasteiger charge is -2.23. The van der Waals surface area contributed by atoms with Crippen LogP contribution in [0, 0.1) is 6.92 Å². The highest BCUT2D eigenvalue weighted by Gasteiger charge is 2.48. The number of ketones is 1. The molecule has 196 valence electrons. The van der Waals surface area contributed by atoms with E-state index in [0.29, 0.717) is 35.0 Å². The molecule has 1 fully saturated rings. The van der Waals surface area contributed by atoms with Gasteiger partial charge in [0.05, 0.1) is 21.8 Å². The van der Waals surface area contributed by atoms with Gasteiger partial charge in [-0.1, -0.05) is 42.2 Å². The van der Waals surface area contributed by atoms with E-state index in [1.165, 1.54) is 16.2 Å². The summed E-state index contributed by atoms with van der Waals surface area (Å²) < 4.78 is 12.3. The number of Topliss-reactive ketones (excluding diaryl/α,β-unsaturated/α-hetero) is 1. The minimum absolute atomic E-state index is 0.0158. The molecule has 0 saturated carbocycles. The standard InChI is InChI=1S/C31H26N2O5S/c1-4-13-37-22-9-6-19(7-10-22)27-26(28(34)20-8-12-24-21(16-20)15-18(3)38-24)29(35)30(36)33(27)31-32-23-11-5-17(2)14-25(23)39-31/h4-12,14,16,18,27,34H,1,13,15H2,2-3H3/b28-26+/t18-,27+/m1/s1. The predicted molar refractivity (Wildman–Crippen MR) is 152 cm³/mol. The minimum atomic E-state index is -0.872. The van der Waals surface area contributed by atoms with Gasteiger partial charge in [0.15, 0.2) is 5.13 Å². The zero-order valence-corrected chi connectivity index (χ0v) is 22.3. The number of aliphatic hydroxyl groups excluding tert-OH is 1. The zero-order chi connectivity index (χ0) is 27.3. The number of thiazole rings is 1. The third kappa shape index (κ3) is 4.36. The normalized spacial score (nSPS) is 19.8. The number of aryl methyl sites for hydroxylation is 1. The third-order valence-corrected chi connectivity index (χ3v) is 7.93. The Bertz CT molecular complexity index is 1670. The molecular formula is C31H26N2O5S. The summed E-state index contributed by atoms with van der Waals surface area (Å²) in [6.07, 6.45) is 2.39. The molecule has 4 aromatic rings. The van der Waals surface area contributed by atoms with Crippen molar-refractivity contribution in [2.75, 3.05) is 11.5 Å². The van der Waals surface area contributed by atoms with Crippen LogP contribution in [0.5, 0.6) is 11.5 Å². The zero-order valence-electron chi connectivity index (χ0n) is 21.5. The van der Waals surface area contributed by atoms with E-state index in [4.69, 9.17) is 14.5 Å². The molecule has 8 heteroatoms. The SMILES string of the molecule is C=CCOc1ccc([C@H]2/C(=C(\O)c3ccc4c(c3)C[C@@H](C)O4)C(=O)C(=O)N2c2nc3ccc(C)cc3s2)cc1. The fourth-order valence-electron chi connectivity index (χ4n) is 5.09. The lowest BCUT2D eigenvalue weighted by molar-refractivity contribution is -0.132. The van der Waals surface area contributed by atoms with Crippen LogP contribution in [0.2, 0.25) is 0 Å². The summed E-state index contributed by atoms with van der Waals surface area (Å²) in [5, 5.41) is 11.9. The van der Waals surface area contributed by atoms with Gasteiger partial charge in [-0.15, -0.1) is 0 Å². The number of carbonyl (C=O) groups excluding carboxylic acids is 2. The molecule has 3 aromatic carbocycles. The summed E-state index contributed by atoms with van der Waals surface area (Å²) in [6, 6.07) is 17.5. The Morgan fingerprint density at radius 2 is 1.97 bits per heavy atom. The van der Waals surface area contributed by atoms with Crippen LogP contribution in [0.25, 0.3) is 16.0 Å². The molecule has 0 radical (unpaired) electrons. The number of fused-ring (bicyclic) bond motifs is 2. The van der Waals surface area contributed by atoms with Crippen molar-refractivity contribution < 1.29 is 24.2 Å². The first-order valence-electron chi connectivity index (χ1n) is 12.7. The van der Waals surface area contributed by atoms with Crippen LogP contribution >= 0.6 is 11.3 Å². The maximum atomic E-state index is 13.6. The quantitative estimate of drug-likeness (QED) is 0.138. The smallest absolute Gasteiger partial charge is 0.301 e. The van der Waals surface area contributed by atoms with Crippen molar-refractivity contribution in [1.29, 1.82) is 0 Å². The number of hydrogen-bond acceptors (Lipinski definition) is 7. The first-order chi connectivity index (χ1) is 18.8. The highest BCUT2D eigenvalue weighted by molar-refractivity contribution is 7.22. The largest absolute Gasteiger partial charge is 0.507 e. The fraction of sp³-hybridized carbons (Fsp3) is 0.194. The van der Waals surface area contributed by atoms with Crippen molar-refractivity contribution in [3.63, 3.8) is 0 Å². The number of ether oxygens (including phenoxy) is 2. The first-order valence-corrected chi connectivity index (χ1v) is 13.5. The van der Waals surface area contributed by atoms with Crippen LogP contribution in [-0.4, -0.2) is 34.5 Å². The second kappa shape index (κ2) is 9.71. The Labute approximate surface area is 229 Å². The van der Waals surface area contributed by atoms with Crippen molar-refractivity contribution in [2.45, 2.75) is 32.4 Å². The van der Waals surface area contributed by atoms with Crippen LogP contribution < -0.4 is 14.4 Å². The second-order valence-corrected chi connectivity index (χ2v) is 10.8. The Hall–Kier alpha value is -4.43. The fourth-order valence-corrected chi connectivity index (χ4v) is 6.18. The van der Waals surface area contributed by atoms with Gasteiger partial charge in [0.2, 0.25) is 0 Å². The Kier molecular flexibility index (Phi) is 6.19. The van der Waals surface area contributed by atoms with E-state index in [9.17, 15) is 14.7 Å². The Morgan fingerprint density at radius 3 is 2.74 bits per heavy atom. The van der Waals surface area contributed by atoms with Crippen LogP contribution in [0.1, 0.15) is 35.2 Å². The topological polar surface area (TPSA) is 89.0 Å². The first kappa shape index (κ1) is 24.9. The third-order valence-electron chi connectivity index (χ3n) is 6.92. The van der Waals surface area contributed by atoms with E-state index >= 15 is 0 Å². The number of carbonyl (C=O) groups is 2. The maximum absolute atomic E-state index is 13.6. The molecule has 2 atom stereocenters. The van der Waals surface area contributed by atoms with E-state index in [1.807, 2.05) is 38.1 Å². The lowest BCUT2D eigenvalue weighted by Crippen LogP contribution is -2.29. The maximum Gasteiger partial charge on any atom is 0.301 e. The molecule has 6 rings (SSSR count). The van der Waals surface area contributed by atoms with E-state index in [0.717, 1.165) is 27.1 Å². The number of rotatable bonds is 6. The number of hydrogen-bond donors (Lipinski definition) is 1. The molecule has 1 saturated heterocycles. The molecular weight excluding hydrogens is 512 g/mol. The van der Waals surface area contributed by atoms with Crippen molar-refractivity contribution >= 4 is 44.1 Å². The Balaban J connectivity index is 1.50. The predicted octanol–water partition coefficient (Wildman–Crippen LogP) is 6.12. The van der Waals surface area contributed by atoms with Crippen LogP contribution in [0.3, 0.4) is 0 Å². The number of nitrogens with zero attached hydrogens (tertiary/aromatic N) is 2. The van der Waals surface area contributed by atoms with Crippen LogP contribution in [0.4, 0.5) is 5.13 Å². The minimum Gasteiger partial charge on any atom is -0.507 e. The number of anilines is 1. The van der Waals surface area contributed by atoms with E-state index in [-0.39, 0.29) is 17.4 Å². The number of aromatic nitrogens is 1. The molecule has 0 bridgehead atoms. The molecule has 39 heavy (non-hydrogen) atoms. The molecule has 3 heterocycles. The van der Waals surface area contributed by atoms with Gasteiger partial charge in [-0.2, -0.15) is 0 Å². The average Bonchev–Trinajstić information content (AvgIpc) is 3.59. The highest BCUT2D eigenvalue weighted by Crippen LogP contribution is 2.45. The number of amides is 1. The monoisotopic (exact) mass is 538 g/mol. The van der Waals surface area contributed by atoms with Gasteiger partial charge >= 0.3 is 5.91 Å². The summed E-state index contributed by atoms with van der Waals surface area (Å²) in [5.41, 5.74) is 3.88. The summed E-state index contributed by atoms with van der Waals surface area (Å²) in [4.78, 5) is 33.2. The molecule has 2 aliphatic rings. The summed E-state index contributed by atoms with van der Waals surface area (Å²) in [6.45, 7) is 7.99. The van der Waals surface area contributed by atoms with Gasteiger partial charge in [0.1, 0.15) is 30.0 Å². The Morgan fingerprint density at radius 1 is 1.18 bits per heavy atom. The summed E-state index contributed by atoms with van der Waals surface area (Å²) in [5.74, 6) is -0.339. The van der Waals surface area contributed by atoms with Gasteiger partial charge in [0, 0.05) is 12.0 Å². The number of benzene rings is 3. The van der Waals surface area contributed by atoms with E-state index in [2.05, 4.69) is 6.58 Å². The van der Waals surface area contributed by atoms with Crippen molar-refractivity contribution in [2.24, 2.45) is 0 Å².